The third kappa shape index (κ3) is 4.66. The van der Waals surface area contributed by atoms with Crippen molar-refractivity contribution in [2.75, 3.05) is 20.3 Å². The van der Waals surface area contributed by atoms with Crippen molar-refractivity contribution in [3.8, 4) is 0 Å². The molecule has 11 heteroatoms. The quantitative estimate of drug-likeness (QED) is 0.633. The molecule has 0 radical (unpaired) electrons. The fourth-order valence-electron chi connectivity index (χ4n) is 2.28. The van der Waals surface area contributed by atoms with E-state index in [9.17, 15) is 22.4 Å². The van der Waals surface area contributed by atoms with E-state index in [0.717, 1.165) is 12.1 Å². The number of ether oxygens (including phenoxy) is 1. The van der Waals surface area contributed by atoms with Gasteiger partial charge in [0.1, 0.15) is 0 Å². The minimum Gasteiger partial charge on any atom is -0.381 e. The van der Waals surface area contributed by atoms with Crippen molar-refractivity contribution in [3.05, 3.63) is 34.1 Å². The second-order valence-corrected chi connectivity index (χ2v) is 7.68. The molecule has 1 heterocycles. The molecule has 8 nitrogen and oxygen atoms in total. The van der Waals surface area contributed by atoms with Crippen LogP contribution in [0.1, 0.15) is 33.6 Å². The first kappa shape index (κ1) is 19.6. The van der Waals surface area contributed by atoms with E-state index in [0.29, 0.717) is 13.2 Å². The number of rotatable bonds is 5. The molecule has 0 bridgehead atoms. The minimum absolute atomic E-state index is 0.0358. The molecule has 0 aliphatic carbocycles. The third-order valence-corrected chi connectivity index (χ3v) is 5.69. The Morgan fingerprint density at radius 2 is 1.88 bits per heavy atom. The highest BCUT2D eigenvalue weighted by atomic mass is 35.5. The van der Waals surface area contributed by atoms with Gasteiger partial charge in [-0.2, -0.15) is 0 Å². The molecule has 25 heavy (non-hydrogen) atoms. The number of hydrogen-bond donors (Lipinski definition) is 3. The molecular formula is C14H17ClFN3O5S. The van der Waals surface area contributed by atoms with E-state index in [1.54, 1.807) is 0 Å². The van der Waals surface area contributed by atoms with Crippen molar-refractivity contribution in [3.63, 3.8) is 0 Å². The number of amides is 2. The Hall–Kier alpha value is -1.75. The molecule has 1 aromatic rings. The number of sulfonamides is 1. The van der Waals surface area contributed by atoms with Gasteiger partial charge in [0.2, 0.25) is 10.0 Å². The average molecular weight is 394 g/mol. The fraction of sp³-hybridized carbons (Fsp3) is 0.429. The van der Waals surface area contributed by atoms with E-state index in [4.69, 9.17) is 16.3 Å². The van der Waals surface area contributed by atoms with Crippen LogP contribution in [0.15, 0.2) is 12.1 Å². The number of carbonyl (C=O) groups is 2. The highest BCUT2D eigenvalue weighted by Gasteiger charge is 2.28. The number of hydrazine groups is 1. The maximum absolute atomic E-state index is 14.1. The molecule has 1 fully saturated rings. The molecule has 3 N–H and O–H groups in total. The number of hydrogen-bond acceptors (Lipinski definition) is 5. The summed E-state index contributed by atoms with van der Waals surface area (Å²) in [6.45, 7) is 0.607. The fourth-order valence-corrected chi connectivity index (χ4v) is 3.72. The highest BCUT2D eigenvalue weighted by molar-refractivity contribution is 7.90. The minimum atomic E-state index is -3.84. The second-order valence-electron chi connectivity index (χ2n) is 5.31. The number of benzene rings is 1. The standard InChI is InChI=1S/C14H17ClFN3O5S/c1-17-13(20)8-6-10(12(16)11(15)7-8)14(21)18-19-25(22,23)9-2-4-24-5-3-9/h6-7,9,19H,2-5H2,1H3,(H,17,20)(H,18,21). The first-order valence-corrected chi connectivity index (χ1v) is 9.28. The lowest BCUT2D eigenvalue weighted by Gasteiger charge is -2.22. The van der Waals surface area contributed by atoms with E-state index < -0.39 is 43.5 Å². The van der Waals surface area contributed by atoms with Crippen LogP contribution in [-0.2, 0) is 14.8 Å². The van der Waals surface area contributed by atoms with Gasteiger partial charge in [0.25, 0.3) is 11.8 Å². The smallest absolute Gasteiger partial charge is 0.269 e. The summed E-state index contributed by atoms with van der Waals surface area (Å²) in [4.78, 5) is 25.7. The summed E-state index contributed by atoms with van der Waals surface area (Å²) in [6, 6.07) is 2.05. The van der Waals surface area contributed by atoms with Crippen LogP contribution in [0.25, 0.3) is 0 Å². The molecule has 0 unspecified atom stereocenters. The van der Waals surface area contributed by atoms with Crippen molar-refractivity contribution in [2.45, 2.75) is 18.1 Å². The van der Waals surface area contributed by atoms with Crippen molar-refractivity contribution in [1.29, 1.82) is 0 Å². The lowest BCUT2D eigenvalue weighted by molar-refractivity contribution is 0.0934. The van der Waals surface area contributed by atoms with Crippen LogP contribution >= 0.6 is 11.6 Å². The highest BCUT2D eigenvalue weighted by Crippen LogP contribution is 2.21. The van der Waals surface area contributed by atoms with Crippen LogP contribution in [0.4, 0.5) is 4.39 Å². The molecule has 1 aromatic carbocycles. The second kappa shape index (κ2) is 8.09. The molecule has 1 aliphatic heterocycles. The van der Waals surface area contributed by atoms with Crippen molar-refractivity contribution < 1.29 is 27.1 Å². The number of carbonyl (C=O) groups excluding carboxylic acids is 2. The molecule has 0 aromatic heterocycles. The summed E-state index contributed by atoms with van der Waals surface area (Å²) >= 11 is 5.69. The molecule has 138 valence electrons. The van der Waals surface area contributed by atoms with E-state index in [-0.39, 0.29) is 18.4 Å². The Kier molecular flexibility index (Phi) is 6.33. The summed E-state index contributed by atoms with van der Waals surface area (Å²) in [5, 5.41) is 1.17. The van der Waals surface area contributed by atoms with E-state index in [1.807, 2.05) is 10.3 Å². The van der Waals surface area contributed by atoms with Crippen LogP contribution in [0.2, 0.25) is 5.02 Å². The predicted molar refractivity (Wildman–Crippen MR) is 88.2 cm³/mol. The Bertz CT molecular complexity index is 781. The van der Waals surface area contributed by atoms with Gasteiger partial charge >= 0.3 is 0 Å². The summed E-state index contributed by atoms with van der Waals surface area (Å²) in [7, 11) is -2.47. The molecule has 0 spiro atoms. The third-order valence-electron chi connectivity index (χ3n) is 3.68. The summed E-state index contributed by atoms with van der Waals surface area (Å²) in [5.41, 5.74) is 1.35. The van der Waals surface area contributed by atoms with Crippen molar-refractivity contribution in [2.24, 2.45) is 0 Å². The van der Waals surface area contributed by atoms with Gasteiger partial charge in [-0.25, -0.2) is 12.8 Å². The molecular weight excluding hydrogens is 377 g/mol. The molecule has 0 saturated carbocycles. The van der Waals surface area contributed by atoms with Gasteiger partial charge in [0, 0.05) is 25.8 Å². The van der Waals surface area contributed by atoms with Gasteiger partial charge in [0.05, 0.1) is 15.8 Å². The topological polar surface area (TPSA) is 114 Å². The van der Waals surface area contributed by atoms with E-state index in [2.05, 4.69) is 5.32 Å². The summed E-state index contributed by atoms with van der Waals surface area (Å²) in [6.07, 6.45) is 0.578. The lowest BCUT2D eigenvalue weighted by Crippen LogP contribution is -2.47. The first-order valence-electron chi connectivity index (χ1n) is 7.36. The van der Waals surface area contributed by atoms with Crippen LogP contribution < -0.4 is 15.6 Å². The zero-order valence-electron chi connectivity index (χ0n) is 13.3. The Balaban J connectivity index is 2.15. The predicted octanol–water partition coefficient (Wildman–Crippen LogP) is 0.582. The molecule has 2 rings (SSSR count). The number of halogens is 2. The van der Waals surface area contributed by atoms with Gasteiger partial charge in [-0.3, -0.25) is 15.0 Å². The molecule has 1 aliphatic rings. The van der Waals surface area contributed by atoms with Gasteiger partial charge in [0.15, 0.2) is 5.82 Å². The Morgan fingerprint density at radius 3 is 2.48 bits per heavy atom. The monoisotopic (exact) mass is 393 g/mol. The van der Waals surface area contributed by atoms with Gasteiger partial charge in [-0.05, 0) is 25.0 Å². The zero-order valence-corrected chi connectivity index (χ0v) is 14.8. The number of nitrogens with one attached hydrogen (secondary N) is 3. The Morgan fingerprint density at radius 1 is 1.24 bits per heavy atom. The maximum atomic E-state index is 14.1. The lowest BCUT2D eigenvalue weighted by atomic mass is 10.1. The molecule has 0 atom stereocenters. The zero-order chi connectivity index (χ0) is 18.6. The first-order chi connectivity index (χ1) is 11.8. The van der Waals surface area contributed by atoms with E-state index in [1.165, 1.54) is 7.05 Å². The van der Waals surface area contributed by atoms with Crippen molar-refractivity contribution in [1.82, 2.24) is 15.6 Å². The van der Waals surface area contributed by atoms with Crippen LogP contribution in [0.3, 0.4) is 0 Å². The SMILES string of the molecule is CNC(=O)c1cc(Cl)c(F)c(C(=O)NNS(=O)(=O)C2CCOCC2)c1. The van der Waals surface area contributed by atoms with Gasteiger partial charge < -0.3 is 10.1 Å². The van der Waals surface area contributed by atoms with Gasteiger partial charge in [-0.15, -0.1) is 4.83 Å². The van der Waals surface area contributed by atoms with Crippen LogP contribution in [0.5, 0.6) is 0 Å². The molecule has 2 amide bonds. The van der Waals surface area contributed by atoms with Crippen LogP contribution in [-0.4, -0.2) is 45.7 Å². The normalized spacial score (nSPS) is 15.6. The van der Waals surface area contributed by atoms with E-state index >= 15 is 0 Å². The van der Waals surface area contributed by atoms with Gasteiger partial charge in [-0.1, -0.05) is 11.6 Å². The summed E-state index contributed by atoms with van der Waals surface area (Å²) in [5.74, 6) is -2.70. The van der Waals surface area contributed by atoms with Crippen LogP contribution in [0, 0.1) is 5.82 Å². The summed E-state index contributed by atoms with van der Waals surface area (Å²) < 4.78 is 43.4. The molecule has 1 saturated heterocycles. The largest absolute Gasteiger partial charge is 0.381 e. The maximum Gasteiger partial charge on any atom is 0.269 e. The van der Waals surface area contributed by atoms with Crippen molar-refractivity contribution >= 4 is 33.4 Å². The average Bonchev–Trinajstić information content (AvgIpc) is 2.62. The Labute approximate surface area is 149 Å².